The molecule has 142 valence electrons. The molecule has 2 aromatic rings. The number of carbonyl (C=O) groups excluding carboxylic acids is 1. The van der Waals surface area contributed by atoms with Crippen LogP contribution in [0.3, 0.4) is 0 Å². The molecule has 27 heavy (non-hydrogen) atoms. The smallest absolute Gasteiger partial charge is 0.309 e. The van der Waals surface area contributed by atoms with Crippen molar-refractivity contribution in [3.63, 3.8) is 0 Å². The lowest BCUT2D eigenvalue weighted by Crippen LogP contribution is -2.55. The number of carboxylic acids is 1. The fourth-order valence-corrected chi connectivity index (χ4v) is 4.16. The van der Waals surface area contributed by atoms with Crippen molar-refractivity contribution in [2.75, 3.05) is 13.1 Å². The van der Waals surface area contributed by atoms with Crippen LogP contribution in [0.25, 0.3) is 5.69 Å². The van der Waals surface area contributed by atoms with Crippen molar-refractivity contribution in [2.24, 2.45) is 5.92 Å². The van der Waals surface area contributed by atoms with Gasteiger partial charge in [-0.1, -0.05) is 6.07 Å². The minimum atomic E-state index is -0.904. The number of benzene rings is 1. The highest BCUT2D eigenvalue weighted by Gasteiger charge is 2.51. The maximum absolute atomic E-state index is 13.4. The van der Waals surface area contributed by atoms with E-state index < -0.39 is 17.4 Å². The number of carbonyl (C=O) groups is 2. The third-order valence-electron chi connectivity index (χ3n) is 5.61. The van der Waals surface area contributed by atoms with Gasteiger partial charge in [-0.2, -0.15) is 5.10 Å². The number of amides is 1. The summed E-state index contributed by atoms with van der Waals surface area (Å²) >= 11 is 0. The van der Waals surface area contributed by atoms with Crippen LogP contribution in [0.2, 0.25) is 0 Å². The lowest BCUT2D eigenvalue weighted by molar-refractivity contribution is -0.144. The molecule has 1 aromatic carbocycles. The Labute approximate surface area is 155 Å². The van der Waals surface area contributed by atoms with Crippen LogP contribution in [0, 0.1) is 11.7 Å². The van der Waals surface area contributed by atoms with E-state index in [-0.39, 0.29) is 18.1 Å². The second kappa shape index (κ2) is 6.77. The Bertz CT molecular complexity index is 873. The summed E-state index contributed by atoms with van der Waals surface area (Å²) in [6, 6.07) is 6.25. The molecule has 1 atom stereocenters. The molecule has 0 bridgehead atoms. The topological polar surface area (TPSA) is 87.5 Å². The van der Waals surface area contributed by atoms with E-state index in [1.165, 1.54) is 12.1 Å². The van der Waals surface area contributed by atoms with Crippen molar-refractivity contribution in [2.45, 2.75) is 31.3 Å². The molecule has 1 amide bonds. The third-order valence-corrected chi connectivity index (χ3v) is 5.61. The van der Waals surface area contributed by atoms with E-state index in [1.54, 1.807) is 23.0 Å². The van der Waals surface area contributed by atoms with Crippen LogP contribution in [0.4, 0.5) is 4.39 Å². The second-order valence-electron chi connectivity index (χ2n) is 7.35. The quantitative estimate of drug-likeness (QED) is 0.851. The Morgan fingerprint density at radius 3 is 2.85 bits per heavy atom. The summed E-state index contributed by atoms with van der Waals surface area (Å²) in [7, 11) is 0. The average Bonchev–Trinajstić information content (AvgIpc) is 3.22. The molecule has 2 aliphatic heterocycles. The number of carboxylic acid groups (broad SMARTS) is 1. The minimum Gasteiger partial charge on any atom is -0.481 e. The van der Waals surface area contributed by atoms with Crippen LogP contribution < -0.4 is 5.32 Å². The van der Waals surface area contributed by atoms with Crippen molar-refractivity contribution in [1.29, 1.82) is 0 Å². The predicted octanol–water partition coefficient (Wildman–Crippen LogP) is 1.57. The highest BCUT2D eigenvalue weighted by molar-refractivity contribution is 5.88. The molecular formula is C19H21FN4O3. The number of nitrogens with zero attached hydrogens (tertiary/aromatic N) is 3. The van der Waals surface area contributed by atoms with Gasteiger partial charge in [0.15, 0.2) is 0 Å². The fourth-order valence-electron chi connectivity index (χ4n) is 4.16. The van der Waals surface area contributed by atoms with E-state index in [4.69, 9.17) is 0 Å². The summed E-state index contributed by atoms with van der Waals surface area (Å²) in [4.78, 5) is 25.5. The van der Waals surface area contributed by atoms with Gasteiger partial charge in [0.05, 0.1) is 23.3 Å². The van der Waals surface area contributed by atoms with Gasteiger partial charge < -0.3 is 10.4 Å². The molecular weight excluding hydrogens is 351 g/mol. The van der Waals surface area contributed by atoms with Gasteiger partial charge in [-0.25, -0.2) is 9.07 Å². The van der Waals surface area contributed by atoms with Gasteiger partial charge in [0.25, 0.3) is 0 Å². The molecule has 2 aliphatic rings. The van der Waals surface area contributed by atoms with E-state index >= 15 is 0 Å². The van der Waals surface area contributed by atoms with Crippen molar-refractivity contribution < 1.29 is 19.1 Å². The summed E-state index contributed by atoms with van der Waals surface area (Å²) in [5.41, 5.74) is 1.04. The number of rotatable bonds is 4. The lowest BCUT2D eigenvalue weighted by atomic mass is 9.77. The van der Waals surface area contributed by atoms with Crippen LogP contribution in [0.15, 0.2) is 36.7 Å². The summed E-state index contributed by atoms with van der Waals surface area (Å²) in [6.07, 6.45) is 4.93. The van der Waals surface area contributed by atoms with Gasteiger partial charge >= 0.3 is 5.97 Å². The molecule has 8 heteroatoms. The summed E-state index contributed by atoms with van der Waals surface area (Å²) in [5.74, 6) is -2.04. The van der Waals surface area contributed by atoms with Crippen LogP contribution in [0.5, 0.6) is 0 Å². The molecule has 2 fully saturated rings. The van der Waals surface area contributed by atoms with Crippen LogP contribution >= 0.6 is 0 Å². The lowest BCUT2D eigenvalue weighted by Gasteiger charge is -2.41. The molecule has 0 aliphatic carbocycles. The highest BCUT2D eigenvalue weighted by Crippen LogP contribution is 2.37. The van der Waals surface area contributed by atoms with Crippen LogP contribution in [0.1, 0.15) is 24.8 Å². The number of aromatic nitrogens is 2. The van der Waals surface area contributed by atoms with Gasteiger partial charge in [-0.3, -0.25) is 14.5 Å². The van der Waals surface area contributed by atoms with E-state index in [2.05, 4.69) is 15.3 Å². The molecule has 1 aromatic heterocycles. The van der Waals surface area contributed by atoms with Gasteiger partial charge in [0.1, 0.15) is 5.82 Å². The van der Waals surface area contributed by atoms with Crippen molar-refractivity contribution in [3.05, 3.63) is 48.0 Å². The highest BCUT2D eigenvalue weighted by atomic mass is 19.1. The molecule has 2 N–H and O–H groups in total. The van der Waals surface area contributed by atoms with E-state index in [0.29, 0.717) is 38.2 Å². The zero-order chi connectivity index (χ0) is 19.0. The number of hydrogen-bond donors (Lipinski definition) is 2. The predicted molar refractivity (Wildman–Crippen MR) is 94.6 cm³/mol. The molecule has 7 nitrogen and oxygen atoms in total. The first-order valence-corrected chi connectivity index (χ1v) is 9.01. The van der Waals surface area contributed by atoms with Gasteiger partial charge in [0.2, 0.25) is 5.91 Å². The Balaban J connectivity index is 1.40. The van der Waals surface area contributed by atoms with E-state index in [9.17, 15) is 19.1 Å². The Kier molecular flexibility index (Phi) is 4.43. The normalized spacial score (nSPS) is 22.1. The Morgan fingerprint density at radius 1 is 1.37 bits per heavy atom. The summed E-state index contributed by atoms with van der Waals surface area (Å²) in [5, 5.41) is 16.7. The number of nitrogens with one attached hydrogen (secondary N) is 1. The maximum atomic E-state index is 13.4. The van der Waals surface area contributed by atoms with Crippen molar-refractivity contribution >= 4 is 11.9 Å². The van der Waals surface area contributed by atoms with Gasteiger partial charge in [-0.15, -0.1) is 0 Å². The first-order valence-electron chi connectivity index (χ1n) is 9.01. The van der Waals surface area contributed by atoms with Gasteiger partial charge in [-0.05, 0) is 31.0 Å². The van der Waals surface area contributed by atoms with Crippen molar-refractivity contribution in [3.8, 4) is 5.69 Å². The summed E-state index contributed by atoms with van der Waals surface area (Å²) in [6.45, 7) is 2.08. The van der Waals surface area contributed by atoms with Crippen LogP contribution in [-0.4, -0.2) is 50.3 Å². The monoisotopic (exact) mass is 372 g/mol. The zero-order valence-corrected chi connectivity index (χ0v) is 14.8. The first-order chi connectivity index (χ1) is 12.9. The molecule has 0 radical (unpaired) electrons. The molecule has 3 heterocycles. The first kappa shape index (κ1) is 17.7. The molecule has 1 spiro atoms. The number of piperidine rings is 1. The Hall–Kier alpha value is -2.74. The zero-order valence-electron chi connectivity index (χ0n) is 14.8. The fraction of sp³-hybridized carbons (Fsp3) is 0.421. The molecule has 2 saturated heterocycles. The van der Waals surface area contributed by atoms with E-state index in [0.717, 1.165) is 5.56 Å². The van der Waals surface area contributed by atoms with Crippen molar-refractivity contribution in [1.82, 2.24) is 20.0 Å². The minimum absolute atomic E-state index is 0.0652. The molecule has 1 unspecified atom stereocenters. The maximum Gasteiger partial charge on any atom is 0.309 e. The second-order valence-corrected chi connectivity index (χ2v) is 7.35. The SMILES string of the molecule is O=C1CC(C(=O)O)C2(CCN(Cc3cnn(-c4cccc(F)c4)c3)CC2)N1. The molecule has 4 rings (SSSR count). The summed E-state index contributed by atoms with van der Waals surface area (Å²) < 4.78 is 15.0. The number of likely N-dealkylation sites (tertiary alicyclic amines) is 1. The molecule has 0 saturated carbocycles. The standard InChI is InChI=1S/C19H21FN4O3/c20-14-2-1-3-15(8-14)24-12-13(10-21-24)11-23-6-4-19(5-7-23)16(18(26)27)9-17(25)22-19/h1-3,8,10,12,16H,4-7,9,11H2,(H,22,25)(H,26,27). The Morgan fingerprint density at radius 2 is 2.15 bits per heavy atom. The number of aliphatic carboxylic acids is 1. The number of hydrogen-bond acceptors (Lipinski definition) is 4. The van der Waals surface area contributed by atoms with Gasteiger partial charge in [0, 0.05) is 37.8 Å². The van der Waals surface area contributed by atoms with E-state index in [1.807, 2.05) is 6.20 Å². The number of halogens is 1. The average molecular weight is 372 g/mol. The van der Waals surface area contributed by atoms with Crippen LogP contribution in [-0.2, 0) is 16.1 Å². The largest absolute Gasteiger partial charge is 0.481 e. The third kappa shape index (κ3) is 3.44.